The Kier molecular flexibility index (Phi) is 5.56. The monoisotopic (exact) mass is 325 g/mol. The van der Waals surface area contributed by atoms with Gasteiger partial charge in [0.2, 0.25) is 0 Å². The number of ether oxygens (including phenoxy) is 2. The summed E-state index contributed by atoms with van der Waals surface area (Å²) in [7, 11) is 0. The molecule has 0 bridgehead atoms. The fourth-order valence-electron chi connectivity index (χ4n) is 2.44. The molecule has 1 heterocycles. The molecule has 0 fully saturated rings. The molecule has 0 unspecified atom stereocenters. The largest absolute Gasteiger partial charge is 0.493 e. The Hall–Kier alpha value is -2.69. The fraction of sp³-hybridized carbons (Fsp3) is 0.316. The van der Waals surface area contributed by atoms with Gasteiger partial charge in [-0.2, -0.15) is 5.10 Å². The molecule has 0 saturated heterocycles. The minimum Gasteiger partial charge on any atom is -0.493 e. The van der Waals surface area contributed by atoms with Crippen LogP contribution in [0.2, 0.25) is 0 Å². The predicted molar refractivity (Wildman–Crippen MR) is 96.7 cm³/mol. The van der Waals surface area contributed by atoms with E-state index in [0.29, 0.717) is 13.3 Å². The van der Waals surface area contributed by atoms with E-state index < -0.39 is 0 Å². The van der Waals surface area contributed by atoms with Crippen molar-refractivity contribution in [2.45, 2.75) is 19.8 Å². The summed E-state index contributed by atoms with van der Waals surface area (Å²) in [4.78, 5) is 2.10. The van der Waals surface area contributed by atoms with E-state index in [1.165, 1.54) is 0 Å². The summed E-state index contributed by atoms with van der Waals surface area (Å²) >= 11 is 0. The highest BCUT2D eigenvalue weighted by Gasteiger charge is 2.19. The van der Waals surface area contributed by atoms with Crippen LogP contribution in [0, 0.1) is 0 Å². The Bertz CT molecular complexity index is 673. The number of benzene rings is 2. The number of hydrazone groups is 1. The Balaban J connectivity index is 1.58. The zero-order chi connectivity index (χ0) is 16.6. The third-order valence-corrected chi connectivity index (χ3v) is 3.76. The number of hydrogen-bond acceptors (Lipinski definition) is 5. The summed E-state index contributed by atoms with van der Waals surface area (Å²) in [6.45, 7) is 3.94. The van der Waals surface area contributed by atoms with Crippen molar-refractivity contribution in [3.05, 3.63) is 54.6 Å². The average molecular weight is 325 g/mol. The van der Waals surface area contributed by atoms with Gasteiger partial charge in [-0.1, -0.05) is 37.6 Å². The van der Waals surface area contributed by atoms with Crippen molar-refractivity contribution in [1.82, 2.24) is 5.43 Å². The van der Waals surface area contributed by atoms with E-state index in [4.69, 9.17) is 9.47 Å². The predicted octanol–water partition coefficient (Wildman–Crippen LogP) is 3.63. The molecular weight excluding hydrogens is 302 g/mol. The highest BCUT2D eigenvalue weighted by molar-refractivity contribution is 5.99. The van der Waals surface area contributed by atoms with Gasteiger partial charge in [0, 0.05) is 11.8 Å². The molecular formula is C19H23N3O2. The molecule has 0 saturated carbocycles. The first-order valence-electron chi connectivity index (χ1n) is 8.34. The van der Waals surface area contributed by atoms with E-state index in [-0.39, 0.29) is 0 Å². The number of anilines is 1. The van der Waals surface area contributed by atoms with Crippen LogP contribution in [0.3, 0.4) is 0 Å². The quantitative estimate of drug-likeness (QED) is 0.753. The van der Waals surface area contributed by atoms with Gasteiger partial charge in [-0.25, -0.2) is 0 Å². The summed E-state index contributed by atoms with van der Waals surface area (Å²) in [6, 6.07) is 17.9. The van der Waals surface area contributed by atoms with Crippen LogP contribution in [0.5, 0.6) is 11.5 Å². The molecule has 1 aliphatic rings. The lowest BCUT2D eigenvalue weighted by atomic mass is 10.3. The number of amidine groups is 1. The van der Waals surface area contributed by atoms with Crippen molar-refractivity contribution in [3.63, 3.8) is 0 Å². The van der Waals surface area contributed by atoms with E-state index in [0.717, 1.165) is 42.5 Å². The molecule has 0 atom stereocenters. The van der Waals surface area contributed by atoms with E-state index in [9.17, 15) is 0 Å². The van der Waals surface area contributed by atoms with Gasteiger partial charge >= 0.3 is 0 Å². The van der Waals surface area contributed by atoms with E-state index in [2.05, 4.69) is 34.5 Å². The molecule has 0 aromatic heterocycles. The van der Waals surface area contributed by atoms with Gasteiger partial charge in [-0.05, 0) is 30.7 Å². The van der Waals surface area contributed by atoms with Gasteiger partial charge in [-0.3, -0.25) is 5.43 Å². The SMILES string of the molecule is CCCCOc1cccc(OCC2=NNCN2c2ccccc2)c1. The number of unbranched alkanes of at least 4 members (excludes halogenated alkanes) is 1. The van der Waals surface area contributed by atoms with Gasteiger partial charge < -0.3 is 14.4 Å². The molecule has 3 rings (SSSR count). The van der Waals surface area contributed by atoms with Crippen molar-refractivity contribution >= 4 is 11.5 Å². The van der Waals surface area contributed by atoms with Crippen LogP contribution in [0.25, 0.3) is 0 Å². The smallest absolute Gasteiger partial charge is 0.168 e. The summed E-state index contributed by atoms with van der Waals surface area (Å²) in [5.41, 5.74) is 4.11. The number of hydrogen-bond donors (Lipinski definition) is 1. The first-order chi connectivity index (χ1) is 11.9. The summed E-state index contributed by atoms with van der Waals surface area (Å²) in [5, 5.41) is 4.33. The maximum absolute atomic E-state index is 5.90. The van der Waals surface area contributed by atoms with Crippen molar-refractivity contribution < 1.29 is 9.47 Å². The number of nitrogens with one attached hydrogen (secondary N) is 1. The molecule has 5 nitrogen and oxygen atoms in total. The number of para-hydroxylation sites is 1. The Labute approximate surface area is 142 Å². The maximum Gasteiger partial charge on any atom is 0.168 e. The standard InChI is InChI=1S/C19H23N3O2/c1-2-3-12-23-17-10-7-11-18(13-17)24-14-19-21-20-15-22(19)16-8-5-4-6-9-16/h4-11,13,20H,2-3,12,14-15H2,1H3. The second-order valence-corrected chi connectivity index (χ2v) is 5.57. The first kappa shape index (κ1) is 16.2. The summed E-state index contributed by atoms with van der Waals surface area (Å²) < 4.78 is 11.6. The zero-order valence-corrected chi connectivity index (χ0v) is 13.9. The van der Waals surface area contributed by atoms with Crippen LogP contribution in [0.4, 0.5) is 5.69 Å². The van der Waals surface area contributed by atoms with Gasteiger partial charge in [-0.15, -0.1) is 0 Å². The minimum absolute atomic E-state index is 0.403. The van der Waals surface area contributed by atoms with Gasteiger partial charge in [0.05, 0.1) is 6.61 Å². The second-order valence-electron chi connectivity index (χ2n) is 5.57. The molecule has 2 aromatic rings. The van der Waals surface area contributed by atoms with Gasteiger partial charge in [0.25, 0.3) is 0 Å². The minimum atomic E-state index is 0.403. The lowest BCUT2D eigenvalue weighted by molar-refractivity contribution is 0.305. The van der Waals surface area contributed by atoms with Crippen LogP contribution >= 0.6 is 0 Å². The highest BCUT2D eigenvalue weighted by Crippen LogP contribution is 2.21. The van der Waals surface area contributed by atoms with Crippen LogP contribution in [0.15, 0.2) is 59.7 Å². The summed E-state index contributed by atoms with van der Waals surface area (Å²) in [5.74, 6) is 2.48. The first-order valence-corrected chi connectivity index (χ1v) is 8.34. The van der Waals surface area contributed by atoms with E-state index in [1.54, 1.807) is 0 Å². The lowest BCUT2D eigenvalue weighted by Crippen LogP contribution is -2.32. The third kappa shape index (κ3) is 4.19. The number of rotatable bonds is 8. The highest BCUT2D eigenvalue weighted by atomic mass is 16.5. The van der Waals surface area contributed by atoms with Crippen molar-refractivity contribution in [3.8, 4) is 11.5 Å². The molecule has 2 aromatic carbocycles. The Morgan fingerprint density at radius 2 is 1.83 bits per heavy atom. The van der Waals surface area contributed by atoms with E-state index in [1.807, 2.05) is 42.5 Å². The maximum atomic E-state index is 5.90. The molecule has 0 aliphatic carbocycles. The molecule has 0 amide bonds. The lowest BCUT2D eigenvalue weighted by Gasteiger charge is -2.19. The topological polar surface area (TPSA) is 46.1 Å². The van der Waals surface area contributed by atoms with Crippen LogP contribution < -0.4 is 19.8 Å². The van der Waals surface area contributed by atoms with Crippen LogP contribution in [-0.2, 0) is 0 Å². The second kappa shape index (κ2) is 8.24. The molecule has 126 valence electrons. The fourth-order valence-corrected chi connectivity index (χ4v) is 2.44. The summed E-state index contributed by atoms with van der Waals surface area (Å²) in [6.07, 6.45) is 2.18. The normalized spacial score (nSPS) is 13.4. The molecule has 5 heteroatoms. The Morgan fingerprint density at radius 1 is 1.04 bits per heavy atom. The van der Waals surface area contributed by atoms with Crippen molar-refractivity contribution in [1.29, 1.82) is 0 Å². The molecule has 1 aliphatic heterocycles. The molecule has 0 radical (unpaired) electrons. The van der Waals surface area contributed by atoms with Crippen molar-refractivity contribution in [2.75, 3.05) is 24.8 Å². The molecule has 24 heavy (non-hydrogen) atoms. The van der Waals surface area contributed by atoms with Gasteiger partial charge in [0.15, 0.2) is 5.84 Å². The van der Waals surface area contributed by atoms with Crippen molar-refractivity contribution in [2.24, 2.45) is 5.10 Å². The average Bonchev–Trinajstić information content (AvgIpc) is 3.10. The van der Waals surface area contributed by atoms with Gasteiger partial charge in [0.1, 0.15) is 24.8 Å². The zero-order valence-electron chi connectivity index (χ0n) is 13.9. The Morgan fingerprint density at radius 3 is 2.62 bits per heavy atom. The van der Waals surface area contributed by atoms with Crippen LogP contribution in [-0.4, -0.2) is 25.7 Å². The molecule has 0 spiro atoms. The number of nitrogens with zero attached hydrogens (tertiary/aromatic N) is 2. The third-order valence-electron chi connectivity index (χ3n) is 3.76. The molecule has 1 N–H and O–H groups in total. The van der Waals surface area contributed by atoms with Crippen LogP contribution in [0.1, 0.15) is 19.8 Å². The van der Waals surface area contributed by atoms with E-state index >= 15 is 0 Å².